The number of nitriles is 1. The molecule has 4 nitrogen and oxygen atoms in total. The Morgan fingerprint density at radius 2 is 1.89 bits per heavy atom. The molecule has 0 atom stereocenters. The standard InChI is InChI=1S/C14H14N2O2/c1-9-5-6-10(2)12-11(9)13(17)14(18)16(12)8-4-3-7-15/h5-6H,3-4,8H2,1-2H3. The van der Waals surface area contributed by atoms with Crippen LogP contribution >= 0.6 is 0 Å². The number of aryl methyl sites for hydroxylation is 2. The van der Waals surface area contributed by atoms with Crippen LogP contribution in [0.4, 0.5) is 5.69 Å². The van der Waals surface area contributed by atoms with Gasteiger partial charge in [-0.15, -0.1) is 0 Å². The number of hydrogen-bond donors (Lipinski definition) is 0. The summed E-state index contributed by atoms with van der Waals surface area (Å²) in [6.45, 7) is 4.15. The van der Waals surface area contributed by atoms with Crippen molar-refractivity contribution in [3.05, 3.63) is 28.8 Å². The lowest BCUT2D eigenvalue weighted by atomic mass is 10.0. The number of benzene rings is 1. The van der Waals surface area contributed by atoms with Crippen LogP contribution in [0.2, 0.25) is 0 Å². The van der Waals surface area contributed by atoms with E-state index in [4.69, 9.17) is 5.26 Å². The predicted molar refractivity (Wildman–Crippen MR) is 67.4 cm³/mol. The van der Waals surface area contributed by atoms with Gasteiger partial charge in [0.1, 0.15) is 0 Å². The molecule has 18 heavy (non-hydrogen) atoms. The van der Waals surface area contributed by atoms with Crippen molar-refractivity contribution in [1.29, 1.82) is 5.26 Å². The van der Waals surface area contributed by atoms with Gasteiger partial charge in [-0.25, -0.2) is 0 Å². The molecular weight excluding hydrogens is 228 g/mol. The van der Waals surface area contributed by atoms with Crippen molar-refractivity contribution in [3.8, 4) is 6.07 Å². The SMILES string of the molecule is Cc1ccc(C)c2c1C(=O)C(=O)N2CCCC#N. The van der Waals surface area contributed by atoms with Crippen LogP contribution in [-0.4, -0.2) is 18.2 Å². The molecule has 0 bridgehead atoms. The molecule has 0 saturated carbocycles. The highest BCUT2D eigenvalue weighted by Gasteiger charge is 2.37. The van der Waals surface area contributed by atoms with Crippen molar-refractivity contribution in [2.45, 2.75) is 26.7 Å². The minimum atomic E-state index is -0.472. The number of ketones is 1. The van der Waals surface area contributed by atoms with E-state index < -0.39 is 11.7 Å². The van der Waals surface area contributed by atoms with Crippen LogP contribution < -0.4 is 4.90 Å². The Balaban J connectivity index is 2.42. The van der Waals surface area contributed by atoms with E-state index in [-0.39, 0.29) is 0 Å². The Kier molecular flexibility index (Phi) is 3.15. The number of carbonyl (C=O) groups is 2. The number of Topliss-reactive ketones (excluding diaryl/α,β-unsaturated/α-hetero) is 1. The van der Waals surface area contributed by atoms with E-state index in [0.717, 1.165) is 16.8 Å². The third kappa shape index (κ3) is 1.78. The fourth-order valence-electron chi connectivity index (χ4n) is 2.29. The summed E-state index contributed by atoms with van der Waals surface area (Å²) in [7, 11) is 0. The lowest BCUT2D eigenvalue weighted by molar-refractivity contribution is -0.114. The van der Waals surface area contributed by atoms with Gasteiger partial charge in [0.2, 0.25) is 0 Å². The average molecular weight is 242 g/mol. The number of hydrogen-bond acceptors (Lipinski definition) is 3. The van der Waals surface area contributed by atoms with Crippen LogP contribution in [0, 0.1) is 25.2 Å². The van der Waals surface area contributed by atoms with E-state index in [1.54, 1.807) is 0 Å². The molecule has 0 aromatic heterocycles. The van der Waals surface area contributed by atoms with E-state index in [9.17, 15) is 9.59 Å². The summed E-state index contributed by atoms with van der Waals surface area (Å²) in [5, 5.41) is 8.53. The monoisotopic (exact) mass is 242 g/mol. The fraction of sp³-hybridized carbons (Fsp3) is 0.357. The van der Waals surface area contributed by atoms with Crippen LogP contribution in [0.15, 0.2) is 12.1 Å². The molecule has 4 heteroatoms. The second-order valence-corrected chi connectivity index (χ2v) is 4.47. The van der Waals surface area contributed by atoms with Gasteiger partial charge < -0.3 is 4.90 Å². The number of carbonyl (C=O) groups excluding carboxylic acids is 2. The molecular formula is C14H14N2O2. The second kappa shape index (κ2) is 4.61. The maximum Gasteiger partial charge on any atom is 0.299 e. The summed E-state index contributed by atoms with van der Waals surface area (Å²) >= 11 is 0. The highest BCUT2D eigenvalue weighted by molar-refractivity contribution is 6.52. The smallest absolute Gasteiger partial charge is 0.299 e. The van der Waals surface area contributed by atoms with Crippen molar-refractivity contribution in [2.75, 3.05) is 11.4 Å². The van der Waals surface area contributed by atoms with Gasteiger partial charge in [0, 0.05) is 13.0 Å². The molecule has 0 aliphatic carbocycles. The van der Waals surface area contributed by atoms with E-state index in [1.807, 2.05) is 32.0 Å². The Labute approximate surface area is 106 Å². The molecule has 1 heterocycles. The molecule has 0 spiro atoms. The van der Waals surface area contributed by atoms with Crippen LogP contribution in [0.5, 0.6) is 0 Å². The number of fused-ring (bicyclic) bond motifs is 1. The van der Waals surface area contributed by atoms with E-state index >= 15 is 0 Å². The highest BCUT2D eigenvalue weighted by Crippen LogP contribution is 2.34. The first kappa shape index (κ1) is 12.3. The summed E-state index contributed by atoms with van der Waals surface area (Å²) in [4.78, 5) is 25.4. The molecule has 0 unspecified atom stereocenters. The van der Waals surface area contributed by atoms with Crippen LogP contribution in [0.3, 0.4) is 0 Å². The predicted octanol–water partition coefficient (Wildman–Crippen LogP) is 2.14. The van der Waals surface area contributed by atoms with Gasteiger partial charge in [-0.2, -0.15) is 5.26 Å². The molecule has 92 valence electrons. The molecule has 0 fully saturated rings. The van der Waals surface area contributed by atoms with Gasteiger partial charge in [-0.05, 0) is 31.4 Å². The van der Waals surface area contributed by atoms with Crippen LogP contribution in [0.1, 0.15) is 34.3 Å². The molecule has 0 saturated heterocycles. The van der Waals surface area contributed by atoms with Gasteiger partial charge in [0.05, 0.1) is 17.3 Å². The van der Waals surface area contributed by atoms with Crippen molar-refractivity contribution >= 4 is 17.4 Å². The summed E-state index contributed by atoms with van der Waals surface area (Å²) in [5.41, 5.74) is 3.00. The Hall–Kier alpha value is -2.15. The summed E-state index contributed by atoms with van der Waals surface area (Å²) in [5.74, 6) is -0.900. The second-order valence-electron chi connectivity index (χ2n) is 4.47. The molecule has 2 rings (SSSR count). The summed E-state index contributed by atoms with van der Waals surface area (Å²) in [6.07, 6.45) is 0.973. The van der Waals surface area contributed by atoms with Crippen molar-refractivity contribution in [1.82, 2.24) is 0 Å². The first-order valence-electron chi connectivity index (χ1n) is 5.91. The number of unbranched alkanes of at least 4 members (excludes halogenated alkanes) is 1. The molecule has 1 amide bonds. The zero-order valence-corrected chi connectivity index (χ0v) is 10.5. The molecule has 0 radical (unpaired) electrons. The summed E-state index contributed by atoms with van der Waals surface area (Å²) < 4.78 is 0. The third-order valence-corrected chi connectivity index (χ3v) is 3.19. The number of anilines is 1. The fourth-order valence-corrected chi connectivity index (χ4v) is 2.29. The Morgan fingerprint density at radius 3 is 2.56 bits per heavy atom. The maximum atomic E-state index is 12.0. The van der Waals surface area contributed by atoms with Crippen molar-refractivity contribution < 1.29 is 9.59 Å². The van der Waals surface area contributed by atoms with E-state index in [1.165, 1.54) is 4.90 Å². The topological polar surface area (TPSA) is 61.2 Å². The Morgan fingerprint density at radius 1 is 1.22 bits per heavy atom. The molecule has 1 aliphatic heterocycles. The largest absolute Gasteiger partial charge is 0.304 e. The first-order chi connectivity index (χ1) is 8.57. The maximum absolute atomic E-state index is 12.0. The van der Waals surface area contributed by atoms with E-state index in [0.29, 0.717) is 24.9 Å². The highest BCUT2D eigenvalue weighted by atomic mass is 16.2. The van der Waals surface area contributed by atoms with Gasteiger partial charge in [0.15, 0.2) is 0 Å². The third-order valence-electron chi connectivity index (χ3n) is 3.19. The summed E-state index contributed by atoms with van der Waals surface area (Å²) in [6, 6.07) is 5.82. The quantitative estimate of drug-likeness (QED) is 0.602. The van der Waals surface area contributed by atoms with Gasteiger partial charge in [-0.1, -0.05) is 12.1 Å². The first-order valence-corrected chi connectivity index (χ1v) is 5.91. The Bertz CT molecular complexity index is 570. The van der Waals surface area contributed by atoms with Gasteiger partial charge in [-0.3, -0.25) is 9.59 Å². The zero-order valence-electron chi connectivity index (χ0n) is 10.5. The molecule has 0 N–H and O–H groups in total. The lowest BCUT2D eigenvalue weighted by Gasteiger charge is -2.18. The average Bonchev–Trinajstić information content (AvgIpc) is 2.60. The minimum absolute atomic E-state index is 0.387. The number of amides is 1. The zero-order chi connectivity index (χ0) is 13.3. The van der Waals surface area contributed by atoms with Gasteiger partial charge in [0.25, 0.3) is 11.7 Å². The molecule has 1 aromatic carbocycles. The number of nitrogens with zero attached hydrogens (tertiary/aromatic N) is 2. The van der Waals surface area contributed by atoms with Crippen molar-refractivity contribution in [3.63, 3.8) is 0 Å². The van der Waals surface area contributed by atoms with E-state index in [2.05, 4.69) is 0 Å². The van der Waals surface area contributed by atoms with Gasteiger partial charge >= 0.3 is 0 Å². The normalized spacial score (nSPS) is 13.7. The number of rotatable bonds is 3. The van der Waals surface area contributed by atoms with Crippen molar-refractivity contribution in [2.24, 2.45) is 0 Å². The van der Waals surface area contributed by atoms with Crippen LogP contribution in [-0.2, 0) is 4.79 Å². The molecule has 1 aromatic rings. The minimum Gasteiger partial charge on any atom is -0.304 e. The van der Waals surface area contributed by atoms with Crippen LogP contribution in [0.25, 0.3) is 0 Å². The molecule has 1 aliphatic rings. The lowest BCUT2D eigenvalue weighted by Crippen LogP contribution is -2.30.